The predicted octanol–water partition coefficient (Wildman–Crippen LogP) is 1.54. The minimum atomic E-state index is -0.567. The molecule has 1 saturated heterocycles. The fourth-order valence-corrected chi connectivity index (χ4v) is 3.86. The van der Waals surface area contributed by atoms with E-state index in [2.05, 4.69) is 22.0 Å². The van der Waals surface area contributed by atoms with Crippen molar-refractivity contribution in [3.05, 3.63) is 0 Å². The third-order valence-corrected chi connectivity index (χ3v) is 4.88. The van der Waals surface area contributed by atoms with E-state index in [0.29, 0.717) is 0 Å². The molecule has 0 aromatic heterocycles. The van der Waals surface area contributed by atoms with Gasteiger partial charge in [-0.25, -0.2) is 0 Å². The second-order valence-electron chi connectivity index (χ2n) is 7.64. The molecule has 2 N–H and O–H groups in total. The maximum absolute atomic E-state index is 9.92. The minimum absolute atomic E-state index is 0.567. The Hall–Kier alpha value is -0.160. The summed E-state index contributed by atoms with van der Waals surface area (Å²) in [5.41, 5.74) is -0.567. The second-order valence-corrected chi connectivity index (χ2v) is 7.64. The predicted molar refractivity (Wildman–Crippen MR) is 88.6 cm³/mol. The molecule has 1 aliphatic carbocycles. The molecule has 1 heterocycles. The number of nitrogens with zero attached hydrogens (tertiary/aromatic N) is 2. The highest BCUT2D eigenvalue weighted by Crippen LogP contribution is 2.27. The SMILES string of the molecule is CCCNC1CCCC1CN1CCN(CC(C)(C)O)CC1. The van der Waals surface area contributed by atoms with Crippen LogP contribution in [0.3, 0.4) is 0 Å². The van der Waals surface area contributed by atoms with Gasteiger partial charge in [0.15, 0.2) is 0 Å². The Bertz CT molecular complexity index is 295. The Morgan fingerprint density at radius 3 is 2.38 bits per heavy atom. The van der Waals surface area contributed by atoms with E-state index in [1.54, 1.807) is 0 Å². The fourth-order valence-electron chi connectivity index (χ4n) is 3.86. The smallest absolute Gasteiger partial charge is 0.0718 e. The summed E-state index contributed by atoms with van der Waals surface area (Å²) in [5, 5.41) is 13.7. The van der Waals surface area contributed by atoms with Crippen molar-refractivity contribution in [2.45, 2.75) is 58.1 Å². The van der Waals surface area contributed by atoms with Crippen molar-refractivity contribution in [1.82, 2.24) is 15.1 Å². The molecule has 0 radical (unpaired) electrons. The summed E-state index contributed by atoms with van der Waals surface area (Å²) in [4.78, 5) is 5.04. The van der Waals surface area contributed by atoms with Crippen LogP contribution in [0, 0.1) is 5.92 Å². The maximum Gasteiger partial charge on any atom is 0.0718 e. The van der Waals surface area contributed by atoms with Gasteiger partial charge in [0.1, 0.15) is 0 Å². The van der Waals surface area contributed by atoms with Crippen LogP contribution < -0.4 is 5.32 Å². The van der Waals surface area contributed by atoms with Crippen molar-refractivity contribution < 1.29 is 5.11 Å². The van der Waals surface area contributed by atoms with Gasteiger partial charge in [-0.05, 0) is 45.6 Å². The molecule has 124 valence electrons. The fraction of sp³-hybridized carbons (Fsp3) is 1.00. The van der Waals surface area contributed by atoms with Crippen LogP contribution in [-0.4, -0.2) is 72.4 Å². The summed E-state index contributed by atoms with van der Waals surface area (Å²) in [6, 6.07) is 0.749. The summed E-state index contributed by atoms with van der Waals surface area (Å²) < 4.78 is 0. The highest BCUT2D eigenvalue weighted by atomic mass is 16.3. The first-order chi connectivity index (χ1) is 9.98. The van der Waals surface area contributed by atoms with E-state index in [0.717, 1.165) is 44.7 Å². The lowest BCUT2D eigenvalue weighted by atomic mass is 10.0. The third-order valence-electron chi connectivity index (χ3n) is 4.88. The first kappa shape index (κ1) is 17.2. The molecule has 2 fully saturated rings. The lowest BCUT2D eigenvalue weighted by molar-refractivity contribution is 0.0153. The minimum Gasteiger partial charge on any atom is -0.389 e. The van der Waals surface area contributed by atoms with Crippen molar-refractivity contribution in [3.63, 3.8) is 0 Å². The quantitative estimate of drug-likeness (QED) is 0.748. The zero-order valence-corrected chi connectivity index (χ0v) is 14.3. The molecule has 2 unspecified atom stereocenters. The van der Waals surface area contributed by atoms with E-state index in [1.807, 2.05) is 13.8 Å². The molecule has 21 heavy (non-hydrogen) atoms. The van der Waals surface area contributed by atoms with Gasteiger partial charge in [0.25, 0.3) is 0 Å². The summed E-state index contributed by atoms with van der Waals surface area (Å²) in [7, 11) is 0. The topological polar surface area (TPSA) is 38.7 Å². The van der Waals surface area contributed by atoms with E-state index >= 15 is 0 Å². The normalized spacial score (nSPS) is 29.1. The molecule has 2 rings (SSSR count). The van der Waals surface area contributed by atoms with Gasteiger partial charge in [0.2, 0.25) is 0 Å². The molecule has 0 aromatic rings. The average molecular weight is 297 g/mol. The molecular weight excluding hydrogens is 262 g/mol. The summed E-state index contributed by atoms with van der Waals surface area (Å²) in [6.07, 6.45) is 5.39. The molecular formula is C17H35N3O. The molecule has 2 atom stereocenters. The number of aliphatic hydroxyl groups is 1. The van der Waals surface area contributed by atoms with E-state index in [-0.39, 0.29) is 0 Å². The van der Waals surface area contributed by atoms with Crippen LogP contribution in [-0.2, 0) is 0 Å². The molecule has 0 amide bonds. The van der Waals surface area contributed by atoms with Gasteiger partial charge < -0.3 is 15.3 Å². The van der Waals surface area contributed by atoms with Gasteiger partial charge >= 0.3 is 0 Å². The van der Waals surface area contributed by atoms with Gasteiger partial charge in [-0.15, -0.1) is 0 Å². The molecule has 0 bridgehead atoms. The van der Waals surface area contributed by atoms with Crippen LogP contribution in [0.15, 0.2) is 0 Å². The van der Waals surface area contributed by atoms with Gasteiger partial charge in [0.05, 0.1) is 5.60 Å². The van der Waals surface area contributed by atoms with Crippen LogP contribution in [0.5, 0.6) is 0 Å². The number of β-amino-alcohol motifs (C(OH)–C–C–N with tert-alkyl or cyclic N) is 1. The highest BCUT2D eigenvalue weighted by molar-refractivity contribution is 4.87. The number of piperazine rings is 1. The number of hydrogen-bond acceptors (Lipinski definition) is 4. The van der Waals surface area contributed by atoms with Crippen LogP contribution in [0.4, 0.5) is 0 Å². The van der Waals surface area contributed by atoms with Crippen molar-refractivity contribution in [2.24, 2.45) is 5.92 Å². The van der Waals surface area contributed by atoms with Crippen LogP contribution >= 0.6 is 0 Å². The lowest BCUT2D eigenvalue weighted by Crippen LogP contribution is -2.52. The second kappa shape index (κ2) is 7.91. The Morgan fingerprint density at radius 1 is 1.10 bits per heavy atom. The highest BCUT2D eigenvalue weighted by Gasteiger charge is 2.30. The van der Waals surface area contributed by atoms with Crippen molar-refractivity contribution >= 4 is 0 Å². The van der Waals surface area contributed by atoms with Crippen LogP contribution in [0.2, 0.25) is 0 Å². The first-order valence-corrected chi connectivity index (χ1v) is 8.88. The Morgan fingerprint density at radius 2 is 1.76 bits per heavy atom. The molecule has 1 saturated carbocycles. The zero-order chi connectivity index (χ0) is 15.3. The van der Waals surface area contributed by atoms with Gasteiger partial charge in [-0.2, -0.15) is 0 Å². The largest absolute Gasteiger partial charge is 0.389 e. The maximum atomic E-state index is 9.92. The average Bonchev–Trinajstić information content (AvgIpc) is 2.84. The van der Waals surface area contributed by atoms with Crippen molar-refractivity contribution in [3.8, 4) is 0 Å². The van der Waals surface area contributed by atoms with Crippen LogP contribution in [0.1, 0.15) is 46.5 Å². The van der Waals surface area contributed by atoms with E-state index < -0.39 is 5.60 Å². The zero-order valence-electron chi connectivity index (χ0n) is 14.3. The van der Waals surface area contributed by atoms with Crippen molar-refractivity contribution in [1.29, 1.82) is 0 Å². The molecule has 4 heteroatoms. The van der Waals surface area contributed by atoms with E-state index in [1.165, 1.54) is 38.8 Å². The standard InChI is InChI=1S/C17H35N3O/c1-4-8-18-16-7-5-6-15(16)13-19-9-11-20(12-10-19)14-17(2,3)21/h15-16,18,21H,4-14H2,1-3H3. The summed E-state index contributed by atoms with van der Waals surface area (Å²) in [5.74, 6) is 0.845. The van der Waals surface area contributed by atoms with Crippen molar-refractivity contribution in [2.75, 3.05) is 45.8 Å². The van der Waals surface area contributed by atoms with Crippen LogP contribution in [0.25, 0.3) is 0 Å². The van der Waals surface area contributed by atoms with Gasteiger partial charge in [-0.1, -0.05) is 13.3 Å². The van der Waals surface area contributed by atoms with E-state index in [4.69, 9.17) is 0 Å². The Labute approximate surface area is 130 Å². The third kappa shape index (κ3) is 5.85. The Balaban J connectivity index is 1.70. The van der Waals surface area contributed by atoms with Gasteiger partial charge in [0, 0.05) is 45.3 Å². The lowest BCUT2D eigenvalue weighted by Gasteiger charge is -2.38. The van der Waals surface area contributed by atoms with Gasteiger partial charge in [-0.3, -0.25) is 4.90 Å². The molecule has 2 aliphatic rings. The first-order valence-electron chi connectivity index (χ1n) is 8.88. The summed E-state index contributed by atoms with van der Waals surface area (Å²) in [6.45, 7) is 13.8. The Kier molecular flexibility index (Phi) is 6.48. The molecule has 1 aliphatic heterocycles. The van der Waals surface area contributed by atoms with E-state index in [9.17, 15) is 5.11 Å². The molecule has 4 nitrogen and oxygen atoms in total. The molecule has 0 spiro atoms. The number of rotatable bonds is 7. The monoisotopic (exact) mass is 297 g/mol. The number of nitrogens with one attached hydrogen (secondary N) is 1. The summed E-state index contributed by atoms with van der Waals surface area (Å²) >= 11 is 0. The number of hydrogen-bond donors (Lipinski definition) is 2. The molecule has 0 aromatic carbocycles.